The molecule has 1 unspecified atom stereocenters. The molecule has 1 aliphatic rings. The van der Waals surface area contributed by atoms with Crippen LogP contribution in [0, 0.1) is 0 Å². The summed E-state index contributed by atoms with van der Waals surface area (Å²) in [6.45, 7) is 6.22. The second kappa shape index (κ2) is 11.8. The summed E-state index contributed by atoms with van der Waals surface area (Å²) in [5, 5.41) is 6.33. The van der Waals surface area contributed by atoms with Crippen molar-refractivity contribution in [3.05, 3.63) is 24.2 Å². The maximum atomic E-state index is 11.1. The van der Waals surface area contributed by atoms with E-state index in [1.807, 2.05) is 19.1 Å². The second-order valence-corrected chi connectivity index (χ2v) is 7.92. The standard InChI is InChI=1S/C16H29N5O3S.HI/c1-3-17-16(18-8-9-20-25(2,22)23)19-13-14(15-7-6-12-24-15)21-10-4-5-11-21;/h6-7,12,14,20H,3-5,8-11,13H2,1-2H3,(H2,17,18,19);1H. The topological polar surface area (TPSA) is 99.0 Å². The third-order valence-corrected chi connectivity index (χ3v) is 4.73. The summed E-state index contributed by atoms with van der Waals surface area (Å²) >= 11 is 0. The first-order chi connectivity index (χ1) is 12.0. The van der Waals surface area contributed by atoms with Crippen LogP contribution in [0.2, 0.25) is 0 Å². The summed E-state index contributed by atoms with van der Waals surface area (Å²) in [4.78, 5) is 7.06. The molecule has 1 aromatic heterocycles. The van der Waals surface area contributed by atoms with Crippen molar-refractivity contribution in [2.75, 3.05) is 45.5 Å². The number of sulfonamides is 1. The molecule has 1 fully saturated rings. The van der Waals surface area contributed by atoms with Gasteiger partial charge in [0.15, 0.2) is 5.96 Å². The summed E-state index contributed by atoms with van der Waals surface area (Å²) < 4.78 is 30.3. The maximum absolute atomic E-state index is 11.1. The molecule has 0 amide bonds. The highest BCUT2D eigenvalue weighted by Crippen LogP contribution is 2.25. The fourth-order valence-electron chi connectivity index (χ4n) is 2.86. The van der Waals surface area contributed by atoms with Crippen molar-refractivity contribution in [3.8, 4) is 0 Å². The van der Waals surface area contributed by atoms with Crippen molar-refractivity contribution in [3.63, 3.8) is 0 Å². The van der Waals surface area contributed by atoms with Crippen molar-refractivity contribution >= 4 is 40.0 Å². The van der Waals surface area contributed by atoms with Crippen molar-refractivity contribution < 1.29 is 12.8 Å². The molecule has 2 heterocycles. The molecule has 8 nitrogen and oxygen atoms in total. The summed E-state index contributed by atoms with van der Waals surface area (Å²) in [6.07, 6.45) is 5.26. The number of halogens is 1. The monoisotopic (exact) mass is 499 g/mol. The molecule has 1 atom stereocenters. The highest BCUT2D eigenvalue weighted by molar-refractivity contribution is 14.0. The largest absolute Gasteiger partial charge is 0.468 e. The predicted molar refractivity (Wildman–Crippen MR) is 114 cm³/mol. The fraction of sp³-hybridized carbons (Fsp3) is 0.688. The van der Waals surface area contributed by atoms with E-state index in [0.717, 1.165) is 31.7 Å². The summed E-state index contributed by atoms with van der Waals surface area (Å²) in [6, 6.07) is 4.03. The van der Waals surface area contributed by atoms with E-state index in [4.69, 9.17) is 4.42 Å². The third kappa shape index (κ3) is 8.23. The lowest BCUT2D eigenvalue weighted by atomic mass is 10.2. The first kappa shape index (κ1) is 23.2. The molecule has 0 saturated carbocycles. The van der Waals surface area contributed by atoms with Crippen LogP contribution in [0.1, 0.15) is 31.6 Å². The molecule has 150 valence electrons. The molecule has 1 aromatic rings. The molecular weight excluding hydrogens is 469 g/mol. The number of furan rings is 1. The van der Waals surface area contributed by atoms with Gasteiger partial charge >= 0.3 is 0 Å². The lowest BCUT2D eigenvalue weighted by Crippen LogP contribution is -2.42. The smallest absolute Gasteiger partial charge is 0.208 e. The zero-order valence-corrected chi connectivity index (χ0v) is 18.5. The van der Waals surface area contributed by atoms with Crippen molar-refractivity contribution in [1.29, 1.82) is 0 Å². The van der Waals surface area contributed by atoms with Crippen LogP contribution in [0.15, 0.2) is 27.8 Å². The number of hydrogen-bond donors (Lipinski definition) is 3. The molecule has 1 aliphatic heterocycles. The van der Waals surface area contributed by atoms with Gasteiger partial charge in [-0.2, -0.15) is 0 Å². The van der Waals surface area contributed by atoms with Crippen LogP contribution in [0.25, 0.3) is 0 Å². The molecule has 0 radical (unpaired) electrons. The van der Waals surface area contributed by atoms with Crippen LogP contribution < -0.4 is 15.4 Å². The quantitative estimate of drug-likeness (QED) is 0.204. The summed E-state index contributed by atoms with van der Waals surface area (Å²) in [5.41, 5.74) is 0. The minimum absolute atomic E-state index is 0. The van der Waals surface area contributed by atoms with Crippen molar-refractivity contribution in [2.24, 2.45) is 4.99 Å². The minimum Gasteiger partial charge on any atom is -0.468 e. The minimum atomic E-state index is -3.17. The van der Waals surface area contributed by atoms with E-state index in [0.29, 0.717) is 25.6 Å². The van der Waals surface area contributed by atoms with Gasteiger partial charge in [-0.3, -0.25) is 9.89 Å². The Kier molecular flexibility index (Phi) is 10.5. The number of rotatable bonds is 9. The van der Waals surface area contributed by atoms with E-state index < -0.39 is 10.0 Å². The Morgan fingerprint density at radius 2 is 2.04 bits per heavy atom. The molecule has 0 aromatic carbocycles. The van der Waals surface area contributed by atoms with Crippen LogP contribution in [0.3, 0.4) is 0 Å². The molecular formula is C16H30IN5O3S. The average Bonchev–Trinajstić information content (AvgIpc) is 3.24. The first-order valence-corrected chi connectivity index (χ1v) is 10.6. The highest BCUT2D eigenvalue weighted by atomic mass is 127. The molecule has 1 saturated heterocycles. The van der Waals surface area contributed by atoms with Crippen LogP contribution >= 0.6 is 24.0 Å². The van der Waals surface area contributed by atoms with Gasteiger partial charge in [0, 0.05) is 19.6 Å². The summed E-state index contributed by atoms with van der Waals surface area (Å²) in [5.74, 6) is 1.61. The molecule has 3 N–H and O–H groups in total. The zero-order chi connectivity index (χ0) is 18.1. The van der Waals surface area contributed by atoms with Gasteiger partial charge in [-0.25, -0.2) is 13.1 Å². The van der Waals surface area contributed by atoms with Crippen LogP contribution in [0.4, 0.5) is 0 Å². The Labute approximate surface area is 173 Å². The molecule has 0 spiro atoms. The van der Waals surface area contributed by atoms with E-state index in [1.54, 1.807) is 6.26 Å². The van der Waals surface area contributed by atoms with Crippen LogP contribution in [-0.4, -0.2) is 64.8 Å². The van der Waals surface area contributed by atoms with Crippen LogP contribution in [0.5, 0.6) is 0 Å². The number of likely N-dealkylation sites (tertiary alicyclic amines) is 1. The molecule has 26 heavy (non-hydrogen) atoms. The van der Waals surface area contributed by atoms with Gasteiger partial charge in [-0.05, 0) is 45.0 Å². The Morgan fingerprint density at radius 3 is 2.62 bits per heavy atom. The van der Waals surface area contributed by atoms with Crippen molar-refractivity contribution in [1.82, 2.24) is 20.3 Å². The van der Waals surface area contributed by atoms with E-state index in [-0.39, 0.29) is 30.0 Å². The van der Waals surface area contributed by atoms with Gasteiger partial charge in [0.05, 0.1) is 25.1 Å². The molecule has 10 heteroatoms. The Bertz CT molecular complexity index is 630. The van der Waals surface area contributed by atoms with Crippen molar-refractivity contribution in [2.45, 2.75) is 25.8 Å². The van der Waals surface area contributed by atoms with Gasteiger partial charge in [0.25, 0.3) is 0 Å². The second-order valence-electron chi connectivity index (χ2n) is 6.09. The Balaban J connectivity index is 0.00000338. The molecule has 0 bridgehead atoms. The summed E-state index contributed by atoms with van der Waals surface area (Å²) in [7, 11) is -3.17. The van der Waals surface area contributed by atoms with Gasteiger partial charge < -0.3 is 15.1 Å². The average molecular weight is 499 g/mol. The first-order valence-electron chi connectivity index (χ1n) is 8.74. The van der Waals surface area contributed by atoms with Gasteiger partial charge in [0.1, 0.15) is 5.76 Å². The molecule has 0 aliphatic carbocycles. The Hall–Kier alpha value is -0.850. The van der Waals surface area contributed by atoms with E-state index in [9.17, 15) is 8.42 Å². The normalized spacial score (nSPS) is 16.9. The van der Waals surface area contributed by atoms with E-state index in [1.165, 1.54) is 12.8 Å². The number of aliphatic imine (C=N–C) groups is 1. The lowest BCUT2D eigenvalue weighted by molar-refractivity contribution is 0.221. The maximum Gasteiger partial charge on any atom is 0.208 e. The Morgan fingerprint density at radius 1 is 1.31 bits per heavy atom. The van der Waals surface area contributed by atoms with E-state index >= 15 is 0 Å². The molecule has 2 rings (SSSR count). The number of hydrogen-bond acceptors (Lipinski definition) is 5. The number of nitrogens with one attached hydrogen (secondary N) is 3. The zero-order valence-electron chi connectivity index (χ0n) is 15.4. The van der Waals surface area contributed by atoms with Gasteiger partial charge in [-0.1, -0.05) is 0 Å². The SMILES string of the molecule is CCNC(=NCC(c1ccco1)N1CCCC1)NCCNS(C)(=O)=O.I. The number of nitrogens with zero attached hydrogens (tertiary/aromatic N) is 2. The van der Waals surface area contributed by atoms with E-state index in [2.05, 4.69) is 25.2 Å². The predicted octanol–water partition coefficient (Wildman–Crippen LogP) is 1.14. The van der Waals surface area contributed by atoms with Gasteiger partial charge in [-0.15, -0.1) is 24.0 Å². The third-order valence-electron chi connectivity index (χ3n) is 4.00. The van der Waals surface area contributed by atoms with Gasteiger partial charge in [0.2, 0.25) is 10.0 Å². The van der Waals surface area contributed by atoms with Crippen LogP contribution in [-0.2, 0) is 10.0 Å². The fourth-order valence-corrected chi connectivity index (χ4v) is 3.33. The number of guanidine groups is 1. The highest BCUT2D eigenvalue weighted by Gasteiger charge is 2.25. The lowest BCUT2D eigenvalue weighted by Gasteiger charge is -2.24.